The van der Waals surface area contributed by atoms with Crippen LogP contribution in [0.1, 0.15) is 63.1 Å². The first-order valence-electron chi connectivity index (χ1n) is 8.61. The van der Waals surface area contributed by atoms with Gasteiger partial charge in [0.15, 0.2) is 5.82 Å². The molecule has 1 aromatic heterocycles. The molecule has 2 atom stereocenters. The molecular formula is C16H27ClN4O3. The zero-order valence-corrected chi connectivity index (χ0v) is 14.9. The number of carbonyl (C=O) groups excluding carboxylic acids is 1. The molecule has 136 valence electrons. The lowest BCUT2D eigenvalue weighted by Gasteiger charge is -2.31. The number of hydrogen-bond acceptors (Lipinski definition) is 6. The summed E-state index contributed by atoms with van der Waals surface area (Å²) in [6.07, 6.45) is 7.23. The third kappa shape index (κ3) is 4.07. The summed E-state index contributed by atoms with van der Waals surface area (Å²) >= 11 is 0. The molecule has 1 amide bonds. The second-order valence-corrected chi connectivity index (χ2v) is 6.68. The summed E-state index contributed by atoms with van der Waals surface area (Å²) in [6.45, 7) is 2.23. The molecule has 0 bridgehead atoms. The van der Waals surface area contributed by atoms with Crippen molar-refractivity contribution in [3.63, 3.8) is 0 Å². The van der Waals surface area contributed by atoms with Crippen LogP contribution in [0.15, 0.2) is 4.52 Å². The van der Waals surface area contributed by atoms with E-state index in [1.807, 2.05) is 0 Å². The van der Waals surface area contributed by atoms with Crippen molar-refractivity contribution in [1.29, 1.82) is 0 Å². The molecule has 1 aliphatic heterocycles. The second kappa shape index (κ2) is 8.27. The number of nitrogens with two attached hydrogens (primary N) is 1. The lowest BCUT2D eigenvalue weighted by molar-refractivity contribution is -0.134. The lowest BCUT2D eigenvalue weighted by atomic mass is 9.88. The van der Waals surface area contributed by atoms with Crippen molar-refractivity contribution in [3.8, 4) is 0 Å². The Labute approximate surface area is 148 Å². The van der Waals surface area contributed by atoms with Gasteiger partial charge in [0, 0.05) is 13.5 Å². The highest BCUT2D eigenvalue weighted by atomic mass is 35.5. The van der Waals surface area contributed by atoms with Crippen molar-refractivity contribution in [1.82, 2.24) is 15.5 Å². The molecule has 3 rings (SSSR count). The van der Waals surface area contributed by atoms with Crippen molar-refractivity contribution in [3.05, 3.63) is 11.7 Å². The maximum absolute atomic E-state index is 12.7. The van der Waals surface area contributed by atoms with Gasteiger partial charge in [0.1, 0.15) is 11.6 Å². The first-order chi connectivity index (χ1) is 11.1. The van der Waals surface area contributed by atoms with Crippen LogP contribution in [0.4, 0.5) is 0 Å². The Morgan fingerprint density at radius 1 is 1.29 bits per heavy atom. The molecule has 1 aromatic rings. The molecule has 7 nitrogen and oxygen atoms in total. The number of rotatable bonds is 4. The highest BCUT2D eigenvalue weighted by Crippen LogP contribution is 2.35. The summed E-state index contributed by atoms with van der Waals surface area (Å²) in [6, 6.07) is 0. The number of halogens is 1. The van der Waals surface area contributed by atoms with E-state index in [2.05, 4.69) is 15.5 Å². The van der Waals surface area contributed by atoms with E-state index in [0.29, 0.717) is 18.3 Å². The van der Waals surface area contributed by atoms with Crippen molar-refractivity contribution < 1.29 is 14.1 Å². The third-order valence-corrected chi connectivity index (χ3v) is 4.94. The molecular weight excluding hydrogens is 332 g/mol. The van der Waals surface area contributed by atoms with Gasteiger partial charge in [-0.25, -0.2) is 0 Å². The molecule has 24 heavy (non-hydrogen) atoms. The van der Waals surface area contributed by atoms with Crippen LogP contribution in [0.25, 0.3) is 0 Å². The summed E-state index contributed by atoms with van der Waals surface area (Å²) in [7, 11) is 0. The Balaban J connectivity index is 0.00000208. The van der Waals surface area contributed by atoms with Gasteiger partial charge < -0.3 is 20.3 Å². The van der Waals surface area contributed by atoms with E-state index in [4.69, 9.17) is 15.0 Å². The molecule has 1 saturated heterocycles. The van der Waals surface area contributed by atoms with Crippen LogP contribution >= 0.6 is 12.4 Å². The maximum Gasteiger partial charge on any atom is 0.249 e. The average molecular weight is 359 g/mol. The van der Waals surface area contributed by atoms with Crippen LogP contribution in [0.2, 0.25) is 0 Å². The van der Waals surface area contributed by atoms with Gasteiger partial charge in [-0.2, -0.15) is 4.98 Å². The third-order valence-electron chi connectivity index (χ3n) is 4.94. The fraction of sp³-hybridized carbons (Fsp3) is 0.812. The molecule has 3 N–H and O–H groups in total. The number of hydrogen-bond donors (Lipinski definition) is 2. The normalized spacial score (nSPS) is 26.4. The van der Waals surface area contributed by atoms with Crippen molar-refractivity contribution >= 4 is 18.3 Å². The smallest absolute Gasteiger partial charge is 0.249 e. The quantitative estimate of drug-likeness (QED) is 0.797. The van der Waals surface area contributed by atoms with Gasteiger partial charge in [-0.1, -0.05) is 30.8 Å². The molecule has 1 aliphatic carbocycles. The number of aryl methyl sites for hydroxylation is 1. The Bertz CT molecular complexity index is 543. The fourth-order valence-corrected chi connectivity index (χ4v) is 3.62. The lowest BCUT2D eigenvalue weighted by Crippen LogP contribution is -2.50. The number of carbonyl (C=O) groups is 1. The summed E-state index contributed by atoms with van der Waals surface area (Å²) in [5.74, 6) is 1.04. The molecule has 0 aromatic carbocycles. The number of nitrogens with zero attached hydrogens (tertiary/aromatic N) is 2. The van der Waals surface area contributed by atoms with E-state index < -0.39 is 11.6 Å². The van der Waals surface area contributed by atoms with Gasteiger partial charge in [-0.05, 0) is 25.7 Å². The zero-order valence-electron chi connectivity index (χ0n) is 14.1. The van der Waals surface area contributed by atoms with E-state index in [-0.39, 0.29) is 24.4 Å². The van der Waals surface area contributed by atoms with Crippen LogP contribution < -0.4 is 11.1 Å². The topological polar surface area (TPSA) is 103 Å². The van der Waals surface area contributed by atoms with Crippen molar-refractivity contribution in [2.24, 2.45) is 5.73 Å². The van der Waals surface area contributed by atoms with Crippen molar-refractivity contribution in [2.45, 2.75) is 76.0 Å². The van der Waals surface area contributed by atoms with Crippen LogP contribution in [-0.2, 0) is 15.1 Å². The van der Waals surface area contributed by atoms with Gasteiger partial charge in [0.2, 0.25) is 11.8 Å². The number of nitrogens with one attached hydrogen (secondary N) is 1. The number of ether oxygens (including phenoxy) is 1. The van der Waals surface area contributed by atoms with Gasteiger partial charge in [0.05, 0.1) is 6.10 Å². The van der Waals surface area contributed by atoms with Gasteiger partial charge in [-0.15, -0.1) is 12.4 Å². The number of amides is 1. The SMILES string of the molecule is Cc1nc(C2(NC(=O)[C@@H]3CC[C@H](CN)O3)CCCCCC2)no1.Cl. The standard InChI is InChI=1S/C16H26N4O3.ClH/c1-11-18-15(20-23-11)16(8-4-2-3-5-9-16)19-14(21)13-7-6-12(10-17)22-13;/h12-13H,2-10,17H2,1H3,(H,19,21);1H/t12-,13+;/m1./s1. The summed E-state index contributed by atoms with van der Waals surface area (Å²) in [5.41, 5.74) is 5.10. The van der Waals surface area contributed by atoms with E-state index >= 15 is 0 Å². The molecule has 2 fully saturated rings. The average Bonchev–Trinajstić information content (AvgIpc) is 3.13. The molecule has 8 heteroatoms. The molecule has 2 heterocycles. The van der Waals surface area contributed by atoms with E-state index in [1.165, 1.54) is 12.8 Å². The largest absolute Gasteiger partial charge is 0.364 e. The summed E-state index contributed by atoms with van der Waals surface area (Å²) < 4.78 is 10.9. The van der Waals surface area contributed by atoms with Crippen LogP contribution in [0.3, 0.4) is 0 Å². The Kier molecular flexibility index (Phi) is 6.60. The van der Waals surface area contributed by atoms with Gasteiger partial charge >= 0.3 is 0 Å². The molecule has 0 unspecified atom stereocenters. The van der Waals surface area contributed by atoms with Crippen molar-refractivity contribution in [2.75, 3.05) is 6.54 Å². The Morgan fingerprint density at radius 3 is 2.54 bits per heavy atom. The highest BCUT2D eigenvalue weighted by Gasteiger charge is 2.41. The summed E-state index contributed by atoms with van der Waals surface area (Å²) in [4.78, 5) is 17.1. The molecule has 0 spiro atoms. The first-order valence-corrected chi connectivity index (χ1v) is 8.61. The molecule has 2 aliphatic rings. The van der Waals surface area contributed by atoms with Gasteiger partial charge in [0.25, 0.3) is 0 Å². The zero-order chi connectivity index (χ0) is 16.3. The second-order valence-electron chi connectivity index (χ2n) is 6.68. The minimum Gasteiger partial charge on any atom is -0.364 e. The molecule has 1 saturated carbocycles. The predicted molar refractivity (Wildman–Crippen MR) is 90.8 cm³/mol. The maximum atomic E-state index is 12.7. The monoisotopic (exact) mass is 358 g/mol. The minimum absolute atomic E-state index is 0. The van der Waals surface area contributed by atoms with Crippen LogP contribution in [0.5, 0.6) is 0 Å². The number of aromatic nitrogens is 2. The van der Waals surface area contributed by atoms with E-state index in [0.717, 1.165) is 38.5 Å². The first kappa shape index (κ1) is 19.1. The van der Waals surface area contributed by atoms with Gasteiger partial charge in [-0.3, -0.25) is 4.79 Å². The predicted octanol–water partition coefficient (Wildman–Crippen LogP) is 1.97. The Hall–Kier alpha value is -1.18. The molecule has 0 radical (unpaired) electrons. The van der Waals surface area contributed by atoms with E-state index in [1.54, 1.807) is 6.92 Å². The van der Waals surface area contributed by atoms with Crippen LogP contribution in [-0.4, -0.2) is 34.8 Å². The minimum atomic E-state index is -0.532. The van der Waals surface area contributed by atoms with E-state index in [9.17, 15) is 4.79 Å². The van der Waals surface area contributed by atoms with Crippen LogP contribution in [0, 0.1) is 6.92 Å². The summed E-state index contributed by atoms with van der Waals surface area (Å²) in [5, 5.41) is 7.30. The fourth-order valence-electron chi connectivity index (χ4n) is 3.62. The Morgan fingerprint density at radius 2 is 2.00 bits per heavy atom. The highest BCUT2D eigenvalue weighted by molar-refractivity contribution is 5.85.